The van der Waals surface area contributed by atoms with Crippen LogP contribution >= 0.6 is 0 Å². The van der Waals surface area contributed by atoms with Gasteiger partial charge in [-0.2, -0.15) is 0 Å². The molecule has 0 spiro atoms. The first kappa shape index (κ1) is 6.25. The zero-order valence-electron chi connectivity index (χ0n) is 4.64. The van der Waals surface area contributed by atoms with Crippen molar-refractivity contribution < 1.29 is 4.84 Å². The molecule has 0 N–H and O–H groups in total. The van der Waals surface area contributed by atoms with E-state index in [0.29, 0.717) is 0 Å². The lowest BCUT2D eigenvalue weighted by Crippen LogP contribution is -1.93. The van der Waals surface area contributed by atoms with E-state index in [1.165, 1.54) is 0 Å². The SMILES string of the molecule is C=C=NOC(C)C. The zero-order chi connectivity index (χ0) is 5.70. The van der Waals surface area contributed by atoms with Crippen molar-refractivity contribution >= 4 is 5.87 Å². The zero-order valence-corrected chi connectivity index (χ0v) is 4.64. The van der Waals surface area contributed by atoms with Gasteiger partial charge in [-0.25, -0.2) is 0 Å². The predicted molar refractivity (Wildman–Crippen MR) is 29.3 cm³/mol. The summed E-state index contributed by atoms with van der Waals surface area (Å²) in [6.07, 6.45) is 0.134. The minimum absolute atomic E-state index is 0.134. The summed E-state index contributed by atoms with van der Waals surface area (Å²) in [6.45, 7) is 7.00. The van der Waals surface area contributed by atoms with Crippen molar-refractivity contribution in [3.63, 3.8) is 0 Å². The lowest BCUT2D eigenvalue weighted by atomic mass is 10.5. The first-order valence-corrected chi connectivity index (χ1v) is 2.15. The molecule has 0 aromatic carbocycles. The van der Waals surface area contributed by atoms with Crippen molar-refractivity contribution in [1.29, 1.82) is 0 Å². The molecule has 0 aromatic rings. The van der Waals surface area contributed by atoms with Crippen LogP contribution in [0.15, 0.2) is 11.7 Å². The second-order valence-electron chi connectivity index (χ2n) is 1.40. The van der Waals surface area contributed by atoms with Crippen LogP contribution in [-0.2, 0) is 4.84 Å². The molecule has 0 aliphatic carbocycles. The second-order valence-corrected chi connectivity index (χ2v) is 1.40. The van der Waals surface area contributed by atoms with E-state index < -0.39 is 0 Å². The van der Waals surface area contributed by atoms with Gasteiger partial charge in [0.15, 0.2) is 0 Å². The van der Waals surface area contributed by atoms with E-state index in [9.17, 15) is 0 Å². The van der Waals surface area contributed by atoms with Crippen molar-refractivity contribution in [3.8, 4) is 0 Å². The molecular formula is C5H9NO. The van der Waals surface area contributed by atoms with Gasteiger partial charge < -0.3 is 4.84 Å². The molecule has 7 heavy (non-hydrogen) atoms. The maximum Gasteiger partial charge on any atom is 0.122 e. The normalized spacial score (nSPS) is 7.86. The topological polar surface area (TPSA) is 21.6 Å². The van der Waals surface area contributed by atoms with Crippen molar-refractivity contribution in [3.05, 3.63) is 6.58 Å². The molecule has 0 saturated heterocycles. The quantitative estimate of drug-likeness (QED) is 0.376. The smallest absolute Gasteiger partial charge is 0.122 e. The summed E-state index contributed by atoms with van der Waals surface area (Å²) in [5.74, 6) is 2.25. The van der Waals surface area contributed by atoms with Crippen LogP contribution in [0.4, 0.5) is 0 Å². The molecule has 0 aliphatic rings. The van der Waals surface area contributed by atoms with Crippen LogP contribution in [0.5, 0.6) is 0 Å². The molecule has 0 radical (unpaired) electrons. The van der Waals surface area contributed by atoms with Crippen LogP contribution in [0, 0.1) is 0 Å². The van der Waals surface area contributed by atoms with Crippen LogP contribution < -0.4 is 0 Å². The van der Waals surface area contributed by atoms with E-state index in [-0.39, 0.29) is 6.10 Å². The van der Waals surface area contributed by atoms with E-state index in [1.807, 2.05) is 13.8 Å². The molecule has 0 unspecified atom stereocenters. The van der Waals surface area contributed by atoms with Gasteiger partial charge in [0.1, 0.15) is 6.10 Å². The molecule has 0 rings (SSSR count). The molecule has 2 nitrogen and oxygen atoms in total. The highest BCUT2D eigenvalue weighted by molar-refractivity contribution is 5.45. The number of hydrogen-bond acceptors (Lipinski definition) is 2. The minimum atomic E-state index is 0.134. The molecule has 0 atom stereocenters. The monoisotopic (exact) mass is 99.1 g/mol. The van der Waals surface area contributed by atoms with E-state index in [4.69, 9.17) is 0 Å². The van der Waals surface area contributed by atoms with Crippen LogP contribution in [-0.4, -0.2) is 12.0 Å². The van der Waals surface area contributed by atoms with Gasteiger partial charge in [-0.3, -0.25) is 0 Å². The Morgan fingerprint density at radius 1 is 1.71 bits per heavy atom. The van der Waals surface area contributed by atoms with Gasteiger partial charge in [-0.1, -0.05) is 0 Å². The average Bonchev–Trinajstić information content (AvgIpc) is 1.61. The summed E-state index contributed by atoms with van der Waals surface area (Å²) in [6, 6.07) is 0. The molecular weight excluding hydrogens is 90.1 g/mol. The number of rotatable bonds is 2. The average molecular weight is 99.1 g/mol. The Bertz CT molecular complexity index is 82.1. The van der Waals surface area contributed by atoms with Crippen LogP contribution in [0.2, 0.25) is 0 Å². The lowest BCUT2D eigenvalue weighted by Gasteiger charge is -1.96. The molecule has 0 aromatic heterocycles. The molecule has 0 fully saturated rings. The van der Waals surface area contributed by atoms with E-state index in [1.54, 1.807) is 0 Å². The third-order valence-corrected chi connectivity index (χ3v) is 0.328. The summed E-state index contributed by atoms with van der Waals surface area (Å²) in [5.41, 5.74) is 0. The van der Waals surface area contributed by atoms with Gasteiger partial charge in [0, 0.05) is 5.87 Å². The largest absolute Gasteiger partial charge is 0.386 e. The third-order valence-electron chi connectivity index (χ3n) is 0.328. The van der Waals surface area contributed by atoms with E-state index >= 15 is 0 Å². The fourth-order valence-electron chi connectivity index (χ4n) is 0.143. The first-order valence-electron chi connectivity index (χ1n) is 2.15. The minimum Gasteiger partial charge on any atom is -0.386 e. The van der Waals surface area contributed by atoms with Crippen molar-refractivity contribution in [1.82, 2.24) is 0 Å². The van der Waals surface area contributed by atoms with Crippen LogP contribution in [0.25, 0.3) is 0 Å². The standard InChI is InChI=1S/C5H9NO/c1-4-6-7-5(2)3/h5H,1H2,2-3H3. The highest BCUT2D eigenvalue weighted by Crippen LogP contribution is 1.84. The van der Waals surface area contributed by atoms with Gasteiger partial charge in [0.2, 0.25) is 0 Å². The van der Waals surface area contributed by atoms with Crippen LogP contribution in [0.1, 0.15) is 13.8 Å². The summed E-state index contributed by atoms with van der Waals surface area (Å²) < 4.78 is 0. The van der Waals surface area contributed by atoms with Crippen molar-refractivity contribution in [2.24, 2.45) is 5.16 Å². The molecule has 0 bridgehead atoms. The highest BCUT2D eigenvalue weighted by atomic mass is 16.6. The molecule has 0 saturated carbocycles. The predicted octanol–water partition coefficient (Wildman–Crippen LogP) is 1.18. The lowest BCUT2D eigenvalue weighted by molar-refractivity contribution is 0.0879. The first-order chi connectivity index (χ1) is 3.27. The Morgan fingerprint density at radius 2 is 2.29 bits per heavy atom. The van der Waals surface area contributed by atoms with Crippen molar-refractivity contribution in [2.45, 2.75) is 20.0 Å². The Labute approximate surface area is 43.5 Å². The molecule has 40 valence electrons. The Balaban J connectivity index is 3.13. The number of hydrogen-bond donors (Lipinski definition) is 0. The van der Waals surface area contributed by atoms with Crippen LogP contribution in [0.3, 0.4) is 0 Å². The second kappa shape index (κ2) is 3.44. The Morgan fingerprint density at radius 3 is 2.43 bits per heavy atom. The van der Waals surface area contributed by atoms with Gasteiger partial charge in [0.05, 0.1) is 0 Å². The van der Waals surface area contributed by atoms with Gasteiger partial charge in [-0.05, 0) is 25.6 Å². The maximum atomic E-state index is 4.64. The number of nitrogens with zero attached hydrogens (tertiary/aromatic N) is 1. The summed E-state index contributed by atoms with van der Waals surface area (Å²) in [7, 11) is 0. The summed E-state index contributed by atoms with van der Waals surface area (Å²) in [4.78, 5) is 4.64. The maximum absolute atomic E-state index is 4.64. The summed E-state index contributed by atoms with van der Waals surface area (Å²) >= 11 is 0. The highest BCUT2D eigenvalue weighted by Gasteiger charge is 1.84. The Kier molecular flexibility index (Phi) is 3.07. The molecule has 0 heterocycles. The molecule has 0 amide bonds. The fourth-order valence-corrected chi connectivity index (χ4v) is 0.143. The van der Waals surface area contributed by atoms with E-state index in [0.717, 1.165) is 0 Å². The molecule has 0 aliphatic heterocycles. The Hall–Kier alpha value is -0.750. The van der Waals surface area contributed by atoms with Gasteiger partial charge >= 0.3 is 0 Å². The van der Waals surface area contributed by atoms with Crippen molar-refractivity contribution in [2.75, 3.05) is 0 Å². The third kappa shape index (κ3) is 5.25. The molecule has 2 heteroatoms. The van der Waals surface area contributed by atoms with E-state index in [2.05, 4.69) is 22.4 Å². The summed E-state index contributed by atoms with van der Waals surface area (Å²) in [5, 5.41) is 3.31. The van der Waals surface area contributed by atoms with Gasteiger partial charge in [-0.15, -0.1) is 0 Å². The van der Waals surface area contributed by atoms with Gasteiger partial charge in [0.25, 0.3) is 0 Å². The fraction of sp³-hybridized carbons (Fsp3) is 0.600.